The molecule has 0 saturated heterocycles. The maximum Gasteiger partial charge on any atom is 0.333 e. The number of pyridine rings is 1. The predicted octanol–water partition coefficient (Wildman–Crippen LogP) is 4.43. The molecule has 13 heteroatoms. The van der Waals surface area contributed by atoms with Gasteiger partial charge in [0.2, 0.25) is 5.88 Å². The molecule has 3 N–H and O–H groups in total. The summed E-state index contributed by atoms with van der Waals surface area (Å²) in [7, 11) is 1.79. The molecule has 1 aliphatic rings. The first-order valence-electron chi connectivity index (χ1n) is 11.3. The average Bonchev–Trinajstić information content (AvgIpc) is 3.46. The summed E-state index contributed by atoms with van der Waals surface area (Å²) in [5.41, 5.74) is 7.96. The third kappa shape index (κ3) is 4.81. The van der Waals surface area contributed by atoms with Gasteiger partial charge in [-0.3, -0.25) is 0 Å². The van der Waals surface area contributed by atoms with Crippen LogP contribution in [0.3, 0.4) is 0 Å². The second-order valence-electron chi connectivity index (χ2n) is 8.80. The average molecular weight is 516 g/mol. The second kappa shape index (κ2) is 9.69. The zero-order valence-electron chi connectivity index (χ0n) is 19.4. The number of hydrogen-bond donors (Lipinski definition) is 2. The zero-order valence-corrected chi connectivity index (χ0v) is 20.2. The number of nitrogens with two attached hydrogens (primary N) is 1. The van der Waals surface area contributed by atoms with E-state index in [1.165, 1.54) is 18.5 Å². The highest BCUT2D eigenvalue weighted by Crippen LogP contribution is 2.43. The molecule has 10 nitrogen and oxygen atoms in total. The van der Waals surface area contributed by atoms with Crippen molar-refractivity contribution in [1.82, 2.24) is 34.5 Å². The molecule has 4 aromatic rings. The summed E-state index contributed by atoms with van der Waals surface area (Å²) < 4.78 is 34.5. The molecule has 0 aromatic carbocycles. The Morgan fingerprint density at radius 1 is 1.22 bits per heavy atom. The molecule has 0 unspecified atom stereocenters. The Kier molecular flexibility index (Phi) is 6.44. The van der Waals surface area contributed by atoms with Crippen LogP contribution in [-0.4, -0.2) is 47.7 Å². The molecule has 1 aliphatic carbocycles. The lowest BCUT2D eigenvalue weighted by Gasteiger charge is -2.41. The van der Waals surface area contributed by atoms with Gasteiger partial charge in [-0.15, -0.1) is 0 Å². The largest absolute Gasteiger partial charge is 0.477 e. The number of alkyl halides is 2. The van der Waals surface area contributed by atoms with Crippen molar-refractivity contribution in [1.29, 1.82) is 0 Å². The molecule has 0 bridgehead atoms. The third-order valence-corrected chi connectivity index (χ3v) is 6.55. The lowest BCUT2D eigenvalue weighted by Crippen LogP contribution is -2.42. The Morgan fingerprint density at radius 2 is 2.06 bits per heavy atom. The molecule has 1 saturated carbocycles. The highest BCUT2D eigenvalue weighted by atomic mass is 35.5. The number of hydrogen-bond acceptors (Lipinski definition) is 8. The van der Waals surface area contributed by atoms with E-state index in [4.69, 9.17) is 22.1 Å². The maximum atomic E-state index is 13.0. The Hall–Kier alpha value is -3.80. The van der Waals surface area contributed by atoms with E-state index >= 15 is 0 Å². The van der Waals surface area contributed by atoms with Gasteiger partial charge in [0, 0.05) is 48.8 Å². The number of anilines is 2. The lowest BCUT2D eigenvalue weighted by molar-refractivity contribution is 0.0568. The number of nitrogens with zero attached hydrogens (tertiary/aromatic N) is 7. The number of ether oxygens (including phenoxy) is 1. The van der Waals surface area contributed by atoms with Crippen molar-refractivity contribution < 1.29 is 13.5 Å². The summed E-state index contributed by atoms with van der Waals surface area (Å²) in [6.45, 7) is -1.71. The quantitative estimate of drug-likeness (QED) is 0.314. The van der Waals surface area contributed by atoms with Gasteiger partial charge in [-0.1, -0.05) is 18.0 Å². The molecule has 5 rings (SSSR count). The molecule has 4 aromatic heterocycles. The number of nitrogens with one attached hydrogen (secondary N) is 1. The van der Waals surface area contributed by atoms with E-state index in [9.17, 15) is 8.78 Å². The summed E-state index contributed by atoms with van der Waals surface area (Å²) in [4.78, 5) is 12.7. The van der Waals surface area contributed by atoms with Crippen LogP contribution < -0.4 is 15.8 Å². The van der Waals surface area contributed by atoms with E-state index < -0.39 is 6.55 Å². The monoisotopic (exact) mass is 515 g/mol. The molecule has 188 valence electrons. The molecule has 0 atom stereocenters. The summed E-state index contributed by atoms with van der Waals surface area (Å²) in [6, 6.07) is 4.81. The van der Waals surface area contributed by atoms with Crippen LogP contribution in [0.4, 0.5) is 20.3 Å². The standard InChI is InChI=1S/C23H24ClF2N9O/c1-34-21(15(11-31-34)20-28-7-3-19(27)32-20)36-13-23(5-2-6-23)12-30-17-9-18(24)29-10-14(17)16-4-8-35(33-16)22(25)26/h3-4,7-11,22H,2,5-6,12-13H2,1H3,(H,29,30)(H2,27,28,32). The molecule has 0 aliphatic heterocycles. The van der Waals surface area contributed by atoms with Crippen LogP contribution >= 0.6 is 11.6 Å². The van der Waals surface area contributed by atoms with Gasteiger partial charge >= 0.3 is 6.55 Å². The Morgan fingerprint density at radius 3 is 2.75 bits per heavy atom. The third-order valence-electron chi connectivity index (χ3n) is 6.34. The van der Waals surface area contributed by atoms with E-state index in [0.717, 1.165) is 19.3 Å². The van der Waals surface area contributed by atoms with Gasteiger partial charge in [-0.05, 0) is 31.0 Å². The number of nitrogen functional groups attached to an aromatic ring is 1. The van der Waals surface area contributed by atoms with Crippen molar-refractivity contribution in [2.24, 2.45) is 12.5 Å². The molecule has 0 spiro atoms. The smallest absolute Gasteiger partial charge is 0.333 e. The van der Waals surface area contributed by atoms with Crippen LogP contribution in [0.5, 0.6) is 5.88 Å². The van der Waals surface area contributed by atoms with E-state index in [1.54, 1.807) is 36.3 Å². The molecule has 1 fully saturated rings. The topological polar surface area (TPSA) is 122 Å². The number of aromatic nitrogens is 7. The highest BCUT2D eigenvalue weighted by molar-refractivity contribution is 6.29. The van der Waals surface area contributed by atoms with Gasteiger partial charge in [0.1, 0.15) is 16.5 Å². The first-order valence-corrected chi connectivity index (χ1v) is 11.7. The lowest BCUT2D eigenvalue weighted by atomic mass is 9.69. The van der Waals surface area contributed by atoms with Gasteiger partial charge in [-0.2, -0.15) is 19.0 Å². The van der Waals surface area contributed by atoms with Crippen molar-refractivity contribution in [2.45, 2.75) is 25.8 Å². The molecule has 0 amide bonds. The van der Waals surface area contributed by atoms with Crippen LogP contribution in [0.25, 0.3) is 22.6 Å². The summed E-state index contributed by atoms with van der Waals surface area (Å²) in [6.07, 6.45) is 8.99. The zero-order chi connectivity index (χ0) is 25.3. The fraction of sp³-hybridized carbons (Fsp3) is 0.348. The summed E-state index contributed by atoms with van der Waals surface area (Å²) >= 11 is 6.14. The Labute approximate surface area is 210 Å². The highest BCUT2D eigenvalue weighted by Gasteiger charge is 2.38. The van der Waals surface area contributed by atoms with Crippen LogP contribution in [0.2, 0.25) is 5.15 Å². The van der Waals surface area contributed by atoms with Gasteiger partial charge in [0.15, 0.2) is 5.82 Å². The van der Waals surface area contributed by atoms with Gasteiger partial charge in [0.05, 0.1) is 18.5 Å². The first-order chi connectivity index (χ1) is 17.3. The van der Waals surface area contributed by atoms with Crippen LogP contribution in [0, 0.1) is 5.41 Å². The minimum absolute atomic E-state index is 0.145. The molecular weight excluding hydrogens is 492 g/mol. The first kappa shape index (κ1) is 23.9. The van der Waals surface area contributed by atoms with E-state index in [0.29, 0.717) is 57.9 Å². The number of aryl methyl sites for hydroxylation is 1. The molecular formula is C23H24ClF2N9O. The molecule has 0 radical (unpaired) electrons. The minimum Gasteiger partial charge on any atom is -0.477 e. The van der Waals surface area contributed by atoms with Crippen molar-refractivity contribution in [2.75, 3.05) is 24.2 Å². The molecule has 36 heavy (non-hydrogen) atoms. The summed E-state index contributed by atoms with van der Waals surface area (Å²) in [5, 5.41) is 12.0. The van der Waals surface area contributed by atoms with Crippen LogP contribution in [0.1, 0.15) is 25.8 Å². The predicted molar refractivity (Wildman–Crippen MR) is 131 cm³/mol. The van der Waals surface area contributed by atoms with Crippen molar-refractivity contribution in [3.63, 3.8) is 0 Å². The van der Waals surface area contributed by atoms with E-state index in [-0.39, 0.29) is 10.6 Å². The normalized spacial score (nSPS) is 14.6. The van der Waals surface area contributed by atoms with Gasteiger partial charge in [-0.25, -0.2) is 24.3 Å². The second-order valence-corrected chi connectivity index (χ2v) is 9.19. The number of halogens is 3. The van der Waals surface area contributed by atoms with E-state index in [1.807, 2.05) is 0 Å². The number of rotatable bonds is 9. The molecule has 4 heterocycles. The van der Waals surface area contributed by atoms with E-state index in [2.05, 4.69) is 30.5 Å². The summed E-state index contributed by atoms with van der Waals surface area (Å²) in [5.74, 6) is 1.36. The van der Waals surface area contributed by atoms with Crippen LogP contribution in [-0.2, 0) is 7.05 Å². The fourth-order valence-corrected chi connectivity index (χ4v) is 4.33. The van der Waals surface area contributed by atoms with Crippen molar-refractivity contribution >= 4 is 23.1 Å². The SMILES string of the molecule is Cn1ncc(-c2nccc(N)n2)c1OCC1(CNc2cc(Cl)ncc2-c2ccn(C(F)F)n2)CCC1. The minimum atomic E-state index is -2.72. The van der Waals surface area contributed by atoms with Gasteiger partial charge < -0.3 is 15.8 Å². The maximum absolute atomic E-state index is 13.0. The fourth-order valence-electron chi connectivity index (χ4n) is 4.18. The Balaban J connectivity index is 1.33. The Bertz CT molecular complexity index is 1370. The van der Waals surface area contributed by atoms with Crippen molar-refractivity contribution in [3.05, 3.63) is 48.1 Å². The van der Waals surface area contributed by atoms with Crippen LogP contribution in [0.15, 0.2) is 43.0 Å². The van der Waals surface area contributed by atoms with Gasteiger partial charge in [0.25, 0.3) is 0 Å². The van der Waals surface area contributed by atoms with Crippen molar-refractivity contribution in [3.8, 4) is 28.5 Å².